The summed E-state index contributed by atoms with van der Waals surface area (Å²) in [4.78, 5) is 53.6. The summed E-state index contributed by atoms with van der Waals surface area (Å²) in [6, 6.07) is 2.42. The molecule has 2 heterocycles. The van der Waals surface area contributed by atoms with Crippen LogP contribution >= 0.6 is 0 Å². The summed E-state index contributed by atoms with van der Waals surface area (Å²) < 4.78 is 53.3. The molecular formula is C26H28F3N3O6. The van der Waals surface area contributed by atoms with E-state index in [0.29, 0.717) is 38.8 Å². The van der Waals surface area contributed by atoms with Gasteiger partial charge in [0, 0.05) is 18.3 Å². The minimum Gasteiger partial charge on any atom is -0.462 e. The van der Waals surface area contributed by atoms with Crippen molar-refractivity contribution in [3.8, 4) is 0 Å². The average molecular weight is 536 g/mol. The first kappa shape index (κ1) is 26.1. The number of hydrogen-bond acceptors (Lipinski definition) is 6. The molecule has 1 saturated heterocycles. The molecule has 12 heteroatoms. The number of esters is 1. The molecule has 9 nitrogen and oxygen atoms in total. The van der Waals surface area contributed by atoms with Gasteiger partial charge in [0.1, 0.15) is 12.2 Å². The SMILES string of the molecule is CCOC(=O)c1cn(C2CCC(N3CCOC3=O)CC2)c(=O)n([C@@H]2CCc3c2cccc3C(F)(F)F)c1=O. The number of carbonyl (C=O) groups is 2. The number of cyclic esters (lactones) is 1. The summed E-state index contributed by atoms with van der Waals surface area (Å²) in [6.45, 7) is 2.44. The molecule has 2 aliphatic carbocycles. The Morgan fingerprint density at radius 3 is 2.42 bits per heavy atom. The van der Waals surface area contributed by atoms with Crippen LogP contribution in [-0.4, -0.2) is 51.9 Å². The van der Waals surface area contributed by atoms with Crippen LogP contribution in [0.2, 0.25) is 0 Å². The van der Waals surface area contributed by atoms with Crippen LogP contribution in [0.4, 0.5) is 18.0 Å². The Morgan fingerprint density at radius 2 is 1.79 bits per heavy atom. The molecule has 0 spiro atoms. The number of hydrogen-bond donors (Lipinski definition) is 0. The Labute approximate surface area is 215 Å². The van der Waals surface area contributed by atoms with Crippen LogP contribution in [0.3, 0.4) is 0 Å². The Bertz CT molecular complexity index is 1370. The molecule has 1 saturated carbocycles. The van der Waals surface area contributed by atoms with Gasteiger partial charge in [0.05, 0.1) is 24.8 Å². The van der Waals surface area contributed by atoms with Gasteiger partial charge in [-0.25, -0.2) is 14.4 Å². The van der Waals surface area contributed by atoms with E-state index in [1.54, 1.807) is 11.8 Å². The highest BCUT2D eigenvalue weighted by Gasteiger charge is 2.39. The van der Waals surface area contributed by atoms with Crippen LogP contribution in [0.5, 0.6) is 0 Å². The van der Waals surface area contributed by atoms with Gasteiger partial charge in [0.25, 0.3) is 5.56 Å². The summed E-state index contributed by atoms with van der Waals surface area (Å²) in [7, 11) is 0. The minimum absolute atomic E-state index is 0.00957. The van der Waals surface area contributed by atoms with E-state index < -0.39 is 35.0 Å². The van der Waals surface area contributed by atoms with Crippen LogP contribution in [0, 0.1) is 0 Å². The number of nitrogens with zero attached hydrogens (tertiary/aromatic N) is 3. The summed E-state index contributed by atoms with van der Waals surface area (Å²) in [5.74, 6) is -0.893. The molecule has 1 amide bonds. The second-order valence-electron chi connectivity index (χ2n) is 9.82. The van der Waals surface area contributed by atoms with E-state index >= 15 is 0 Å². The molecule has 1 aliphatic heterocycles. The van der Waals surface area contributed by atoms with Crippen molar-refractivity contribution in [3.05, 3.63) is 67.5 Å². The number of ether oxygens (including phenoxy) is 2. The second-order valence-corrected chi connectivity index (χ2v) is 9.82. The number of halogens is 3. The molecule has 0 unspecified atom stereocenters. The van der Waals surface area contributed by atoms with Crippen molar-refractivity contribution in [2.45, 2.75) is 69.8 Å². The van der Waals surface area contributed by atoms with Crippen LogP contribution in [0.25, 0.3) is 0 Å². The number of carbonyl (C=O) groups excluding carboxylic acids is 2. The first-order valence-electron chi connectivity index (χ1n) is 12.8. The summed E-state index contributed by atoms with van der Waals surface area (Å²) in [5.41, 5.74) is -2.37. The van der Waals surface area contributed by atoms with Crippen LogP contribution < -0.4 is 11.2 Å². The highest BCUT2D eigenvalue weighted by molar-refractivity contribution is 5.88. The van der Waals surface area contributed by atoms with E-state index in [2.05, 4.69) is 0 Å². The largest absolute Gasteiger partial charge is 0.462 e. The van der Waals surface area contributed by atoms with Crippen molar-refractivity contribution in [2.75, 3.05) is 19.8 Å². The molecule has 5 rings (SSSR count). The molecule has 0 radical (unpaired) electrons. The lowest BCUT2D eigenvalue weighted by molar-refractivity contribution is -0.138. The maximum Gasteiger partial charge on any atom is 0.416 e. The number of aromatic nitrogens is 2. The highest BCUT2D eigenvalue weighted by atomic mass is 19.4. The highest BCUT2D eigenvalue weighted by Crippen LogP contribution is 2.41. The number of benzene rings is 1. The quantitative estimate of drug-likeness (QED) is 0.542. The third-order valence-electron chi connectivity index (χ3n) is 7.79. The van der Waals surface area contributed by atoms with Crippen molar-refractivity contribution < 1.29 is 32.2 Å². The van der Waals surface area contributed by atoms with Crippen molar-refractivity contribution in [1.29, 1.82) is 0 Å². The monoisotopic (exact) mass is 535 g/mol. The predicted octanol–water partition coefficient (Wildman–Crippen LogP) is 3.68. The van der Waals surface area contributed by atoms with E-state index in [9.17, 15) is 32.3 Å². The molecule has 3 aliphatic rings. The molecule has 1 atom stereocenters. The zero-order valence-electron chi connectivity index (χ0n) is 20.8. The molecule has 204 valence electrons. The third kappa shape index (κ3) is 4.49. The maximum atomic E-state index is 13.8. The predicted molar refractivity (Wildman–Crippen MR) is 128 cm³/mol. The molecule has 2 fully saturated rings. The fourth-order valence-corrected chi connectivity index (χ4v) is 6.03. The van der Waals surface area contributed by atoms with Crippen LogP contribution in [-0.2, 0) is 22.1 Å². The van der Waals surface area contributed by atoms with E-state index in [4.69, 9.17) is 9.47 Å². The number of rotatable bonds is 5. The summed E-state index contributed by atoms with van der Waals surface area (Å²) >= 11 is 0. The fraction of sp³-hybridized carbons (Fsp3) is 0.538. The number of amides is 1. The van der Waals surface area contributed by atoms with Gasteiger partial charge >= 0.3 is 23.9 Å². The Kier molecular flexibility index (Phi) is 6.83. The van der Waals surface area contributed by atoms with E-state index in [1.807, 2.05) is 0 Å². The van der Waals surface area contributed by atoms with Gasteiger partial charge in [-0.3, -0.25) is 13.9 Å². The zero-order chi connectivity index (χ0) is 27.2. The molecule has 1 aromatic heterocycles. The second kappa shape index (κ2) is 9.95. The van der Waals surface area contributed by atoms with Gasteiger partial charge in [-0.2, -0.15) is 13.2 Å². The molecule has 0 N–H and O–H groups in total. The third-order valence-corrected chi connectivity index (χ3v) is 7.79. The van der Waals surface area contributed by atoms with Crippen molar-refractivity contribution in [1.82, 2.24) is 14.0 Å². The van der Waals surface area contributed by atoms with Gasteiger partial charge in [0.2, 0.25) is 0 Å². The lowest BCUT2D eigenvalue weighted by Crippen LogP contribution is -2.47. The van der Waals surface area contributed by atoms with E-state index in [-0.39, 0.29) is 54.3 Å². The first-order chi connectivity index (χ1) is 18.1. The standard InChI is InChI=1S/C26H28F3N3O6/c1-2-37-23(34)19-14-31(16-8-6-15(7-9-16)30-12-13-38-25(30)36)24(35)32(22(19)33)21-11-10-17-18(21)4-3-5-20(17)26(27,28)29/h3-5,14-16,21H,2,6-13H2,1H3/t15?,16?,21-/m1/s1. The van der Waals surface area contributed by atoms with E-state index in [1.165, 1.54) is 22.9 Å². The van der Waals surface area contributed by atoms with Gasteiger partial charge < -0.3 is 14.4 Å². The molecule has 38 heavy (non-hydrogen) atoms. The van der Waals surface area contributed by atoms with Crippen molar-refractivity contribution in [2.24, 2.45) is 0 Å². The van der Waals surface area contributed by atoms with Crippen molar-refractivity contribution >= 4 is 12.1 Å². The fourth-order valence-electron chi connectivity index (χ4n) is 6.03. The molecular weight excluding hydrogens is 507 g/mol. The molecule has 0 bridgehead atoms. The van der Waals surface area contributed by atoms with E-state index in [0.717, 1.165) is 10.6 Å². The minimum atomic E-state index is -4.57. The van der Waals surface area contributed by atoms with Crippen LogP contribution in [0.1, 0.15) is 78.2 Å². The zero-order valence-corrected chi connectivity index (χ0v) is 20.8. The normalized spacial score (nSPS) is 23.3. The Hall–Kier alpha value is -3.57. The first-order valence-corrected chi connectivity index (χ1v) is 12.8. The number of fused-ring (bicyclic) bond motifs is 1. The maximum absolute atomic E-state index is 13.8. The van der Waals surface area contributed by atoms with Crippen molar-refractivity contribution in [3.63, 3.8) is 0 Å². The Balaban J connectivity index is 1.55. The average Bonchev–Trinajstić information content (AvgIpc) is 3.50. The molecule has 2 aromatic rings. The lowest BCUT2D eigenvalue weighted by Gasteiger charge is -2.34. The lowest BCUT2D eigenvalue weighted by atomic mass is 9.90. The number of alkyl halides is 3. The topological polar surface area (TPSA) is 99.8 Å². The summed E-state index contributed by atoms with van der Waals surface area (Å²) in [6.07, 6.45) is -1.34. The Morgan fingerprint density at radius 1 is 1.08 bits per heavy atom. The van der Waals surface area contributed by atoms with Gasteiger partial charge in [-0.05, 0) is 62.6 Å². The van der Waals surface area contributed by atoms with Gasteiger partial charge in [-0.1, -0.05) is 12.1 Å². The van der Waals surface area contributed by atoms with Gasteiger partial charge in [-0.15, -0.1) is 0 Å². The summed E-state index contributed by atoms with van der Waals surface area (Å²) in [5, 5.41) is 0. The van der Waals surface area contributed by atoms with Crippen LogP contribution in [0.15, 0.2) is 34.0 Å². The molecule has 1 aromatic carbocycles. The van der Waals surface area contributed by atoms with Gasteiger partial charge in [0.15, 0.2) is 0 Å². The smallest absolute Gasteiger partial charge is 0.416 e.